The summed E-state index contributed by atoms with van der Waals surface area (Å²) in [6.45, 7) is 5.65. The highest BCUT2D eigenvalue weighted by atomic mass is 16.4. The van der Waals surface area contributed by atoms with E-state index in [2.05, 4.69) is 15.2 Å². The van der Waals surface area contributed by atoms with Gasteiger partial charge < -0.3 is 10.0 Å². The third-order valence-electron chi connectivity index (χ3n) is 2.56. The maximum absolute atomic E-state index is 11.0. The van der Waals surface area contributed by atoms with Crippen molar-refractivity contribution in [3.05, 3.63) is 18.7 Å². The van der Waals surface area contributed by atoms with E-state index in [1.165, 1.54) is 0 Å². The number of hydrogen-bond acceptors (Lipinski definition) is 5. The molecule has 18 heavy (non-hydrogen) atoms. The minimum Gasteiger partial charge on any atom is -0.480 e. The lowest BCUT2D eigenvalue weighted by Gasteiger charge is -2.35. The molecule has 1 N–H and O–H groups in total. The van der Waals surface area contributed by atoms with Gasteiger partial charge in [-0.3, -0.25) is 9.20 Å². The second-order valence-corrected chi connectivity index (χ2v) is 4.96. The van der Waals surface area contributed by atoms with Gasteiger partial charge in [-0.2, -0.15) is 0 Å². The minimum atomic E-state index is -0.909. The molecule has 0 amide bonds. The molecule has 7 nitrogen and oxygen atoms in total. The van der Waals surface area contributed by atoms with Gasteiger partial charge in [-0.15, -0.1) is 10.2 Å². The summed E-state index contributed by atoms with van der Waals surface area (Å²) in [6, 6.07) is 0. The van der Waals surface area contributed by atoms with E-state index in [1.807, 2.05) is 20.8 Å². The van der Waals surface area contributed by atoms with Crippen molar-refractivity contribution in [3.8, 4) is 0 Å². The van der Waals surface area contributed by atoms with Crippen LogP contribution in [0.4, 0.5) is 5.82 Å². The van der Waals surface area contributed by atoms with Crippen molar-refractivity contribution in [2.24, 2.45) is 0 Å². The zero-order valence-corrected chi connectivity index (χ0v) is 10.5. The van der Waals surface area contributed by atoms with E-state index < -0.39 is 5.97 Å². The van der Waals surface area contributed by atoms with Gasteiger partial charge in [0, 0.05) is 17.9 Å². The van der Waals surface area contributed by atoms with E-state index in [1.54, 1.807) is 28.0 Å². The largest absolute Gasteiger partial charge is 0.480 e. The van der Waals surface area contributed by atoms with Gasteiger partial charge in [-0.25, -0.2) is 4.98 Å². The Bertz CT molecular complexity index is 572. The molecule has 2 aromatic heterocycles. The first kappa shape index (κ1) is 12.3. The molecule has 0 atom stereocenters. The monoisotopic (exact) mass is 249 g/mol. The molecule has 0 saturated heterocycles. The van der Waals surface area contributed by atoms with Crippen LogP contribution in [0.15, 0.2) is 18.7 Å². The van der Waals surface area contributed by atoms with E-state index >= 15 is 0 Å². The molecule has 2 aromatic rings. The van der Waals surface area contributed by atoms with E-state index in [0.29, 0.717) is 11.5 Å². The Balaban J connectivity index is 2.54. The molecular formula is C11H15N5O2. The highest BCUT2D eigenvalue weighted by Crippen LogP contribution is 2.24. The van der Waals surface area contributed by atoms with Gasteiger partial charge in [0.1, 0.15) is 12.9 Å². The first-order chi connectivity index (χ1) is 8.39. The summed E-state index contributed by atoms with van der Waals surface area (Å²) in [5.41, 5.74) is 0.174. The molecule has 2 rings (SSSR count). The Morgan fingerprint density at radius 1 is 1.50 bits per heavy atom. The number of anilines is 1. The lowest BCUT2D eigenvalue weighted by atomic mass is 10.1. The van der Waals surface area contributed by atoms with Gasteiger partial charge in [-0.05, 0) is 20.8 Å². The second-order valence-electron chi connectivity index (χ2n) is 4.96. The molecule has 0 unspecified atom stereocenters. The van der Waals surface area contributed by atoms with E-state index in [4.69, 9.17) is 5.11 Å². The fourth-order valence-electron chi connectivity index (χ4n) is 1.70. The molecule has 0 radical (unpaired) electrons. The summed E-state index contributed by atoms with van der Waals surface area (Å²) < 4.78 is 1.71. The number of aromatic nitrogens is 4. The average Bonchev–Trinajstić information content (AvgIpc) is 2.71. The van der Waals surface area contributed by atoms with Crippen molar-refractivity contribution in [1.82, 2.24) is 19.6 Å². The van der Waals surface area contributed by atoms with Crippen LogP contribution in [-0.2, 0) is 4.79 Å². The zero-order valence-electron chi connectivity index (χ0n) is 10.5. The number of aliphatic carboxylic acids is 1. The van der Waals surface area contributed by atoms with E-state index in [-0.39, 0.29) is 12.1 Å². The zero-order chi connectivity index (χ0) is 13.3. The Kier molecular flexibility index (Phi) is 2.90. The molecule has 0 fully saturated rings. The first-order valence-corrected chi connectivity index (χ1v) is 5.53. The van der Waals surface area contributed by atoms with Gasteiger partial charge in [-0.1, -0.05) is 0 Å². The van der Waals surface area contributed by atoms with Crippen LogP contribution in [0, 0.1) is 0 Å². The number of carboxylic acid groups (broad SMARTS) is 1. The lowest BCUT2D eigenvalue weighted by molar-refractivity contribution is -0.135. The van der Waals surface area contributed by atoms with Crippen molar-refractivity contribution in [3.63, 3.8) is 0 Å². The van der Waals surface area contributed by atoms with Gasteiger partial charge in [0.15, 0.2) is 5.82 Å². The number of carboxylic acids is 1. The summed E-state index contributed by atoms with van der Waals surface area (Å²) in [4.78, 5) is 16.9. The van der Waals surface area contributed by atoms with Crippen LogP contribution in [0.25, 0.3) is 5.65 Å². The number of fused-ring (bicyclic) bond motifs is 1. The lowest BCUT2D eigenvalue weighted by Crippen LogP contribution is -2.45. The second kappa shape index (κ2) is 4.25. The molecule has 0 saturated carbocycles. The quantitative estimate of drug-likeness (QED) is 0.866. The molecule has 2 heterocycles. The van der Waals surface area contributed by atoms with Crippen molar-refractivity contribution in [1.29, 1.82) is 0 Å². The Labute approximate surface area is 104 Å². The van der Waals surface area contributed by atoms with Crippen LogP contribution in [-0.4, -0.2) is 42.7 Å². The molecular weight excluding hydrogens is 234 g/mol. The predicted octanol–water partition coefficient (Wildman–Crippen LogP) is 0.814. The maximum atomic E-state index is 11.0. The average molecular weight is 249 g/mol. The number of nitrogens with zero attached hydrogens (tertiary/aromatic N) is 5. The van der Waals surface area contributed by atoms with Crippen molar-refractivity contribution in [2.75, 3.05) is 11.4 Å². The maximum Gasteiger partial charge on any atom is 0.323 e. The van der Waals surface area contributed by atoms with Crippen LogP contribution >= 0.6 is 0 Å². The van der Waals surface area contributed by atoms with Gasteiger partial charge in [0.05, 0.1) is 0 Å². The topological polar surface area (TPSA) is 83.6 Å². The molecule has 96 valence electrons. The Hall–Kier alpha value is -2.18. The van der Waals surface area contributed by atoms with Crippen molar-refractivity contribution >= 4 is 17.4 Å². The van der Waals surface area contributed by atoms with Crippen molar-refractivity contribution in [2.45, 2.75) is 26.3 Å². The Morgan fingerprint density at radius 2 is 2.22 bits per heavy atom. The van der Waals surface area contributed by atoms with Gasteiger partial charge in [0.2, 0.25) is 5.65 Å². The summed E-state index contributed by atoms with van der Waals surface area (Å²) in [5, 5.41) is 16.8. The fraction of sp³-hybridized carbons (Fsp3) is 0.455. The van der Waals surface area contributed by atoms with Crippen LogP contribution < -0.4 is 4.90 Å². The molecule has 0 spiro atoms. The SMILES string of the molecule is CC(C)(C)N(CC(=O)O)c1nccn2cnnc12. The molecule has 0 bridgehead atoms. The normalized spacial score (nSPS) is 11.7. The smallest absolute Gasteiger partial charge is 0.323 e. The van der Waals surface area contributed by atoms with Crippen LogP contribution in [0.5, 0.6) is 0 Å². The van der Waals surface area contributed by atoms with Crippen LogP contribution in [0.3, 0.4) is 0 Å². The summed E-state index contributed by atoms with van der Waals surface area (Å²) in [7, 11) is 0. The predicted molar refractivity (Wildman–Crippen MR) is 65.5 cm³/mol. The highest BCUT2D eigenvalue weighted by Gasteiger charge is 2.27. The van der Waals surface area contributed by atoms with Crippen molar-refractivity contribution < 1.29 is 9.90 Å². The highest BCUT2D eigenvalue weighted by molar-refractivity contribution is 5.76. The molecule has 7 heteroatoms. The van der Waals surface area contributed by atoms with Crippen LogP contribution in [0.2, 0.25) is 0 Å². The number of carbonyl (C=O) groups is 1. The standard InChI is InChI=1S/C11H15N5O2/c1-11(2,3)16(6-8(17)18)9-10-14-13-7-15(10)5-4-12-9/h4-5,7H,6H2,1-3H3,(H,17,18). The minimum absolute atomic E-state index is 0.136. The number of rotatable bonds is 3. The molecule has 0 aliphatic rings. The van der Waals surface area contributed by atoms with Gasteiger partial charge in [0.25, 0.3) is 0 Å². The molecule has 0 aliphatic carbocycles. The fourth-order valence-corrected chi connectivity index (χ4v) is 1.70. The summed E-state index contributed by atoms with van der Waals surface area (Å²) in [5.74, 6) is -0.391. The third kappa shape index (κ3) is 2.24. The first-order valence-electron chi connectivity index (χ1n) is 5.53. The van der Waals surface area contributed by atoms with Crippen LogP contribution in [0.1, 0.15) is 20.8 Å². The summed E-state index contributed by atoms with van der Waals surface area (Å²) >= 11 is 0. The Morgan fingerprint density at radius 3 is 2.83 bits per heavy atom. The number of hydrogen-bond donors (Lipinski definition) is 1. The van der Waals surface area contributed by atoms with E-state index in [9.17, 15) is 4.79 Å². The molecule has 0 aliphatic heterocycles. The van der Waals surface area contributed by atoms with E-state index in [0.717, 1.165) is 0 Å². The van der Waals surface area contributed by atoms with Gasteiger partial charge >= 0.3 is 5.97 Å². The summed E-state index contributed by atoms with van der Waals surface area (Å²) in [6.07, 6.45) is 4.88. The third-order valence-corrected chi connectivity index (χ3v) is 2.56. The molecule has 0 aromatic carbocycles.